The molecule has 4 N–H and O–H groups in total. The molecule has 2 rings (SSSR count). The second kappa shape index (κ2) is 5.90. The first kappa shape index (κ1) is 15.0. The van der Waals surface area contributed by atoms with E-state index in [1.54, 1.807) is 0 Å². The van der Waals surface area contributed by atoms with Gasteiger partial charge in [0, 0.05) is 24.7 Å². The molecule has 1 aromatic carbocycles. The Morgan fingerprint density at radius 1 is 1.25 bits per heavy atom. The number of hydrogen-bond acceptors (Lipinski definition) is 4. The molecule has 0 aromatic heterocycles. The van der Waals surface area contributed by atoms with Crippen molar-refractivity contribution in [3.63, 3.8) is 0 Å². The Kier molecular flexibility index (Phi) is 4.42. The lowest BCUT2D eigenvalue weighted by atomic mass is 10.2. The summed E-state index contributed by atoms with van der Waals surface area (Å²) in [5, 5.41) is 2.48. The van der Waals surface area contributed by atoms with E-state index >= 15 is 0 Å². The largest absolute Gasteiger partial charge is 0.355 e. The minimum atomic E-state index is -3.59. The van der Waals surface area contributed by atoms with Gasteiger partial charge in [0.2, 0.25) is 10.0 Å². The van der Waals surface area contributed by atoms with Gasteiger partial charge >= 0.3 is 0 Å². The molecular formula is C13H19N3O3S. The molecule has 1 amide bonds. The van der Waals surface area contributed by atoms with Crippen LogP contribution in [-0.4, -0.2) is 33.5 Å². The molecule has 2 unspecified atom stereocenters. The molecule has 20 heavy (non-hydrogen) atoms. The number of benzene rings is 1. The molecule has 0 bridgehead atoms. The molecule has 0 saturated heterocycles. The van der Waals surface area contributed by atoms with Crippen LogP contribution in [0.2, 0.25) is 0 Å². The Labute approximate surface area is 118 Å². The highest BCUT2D eigenvalue weighted by Gasteiger charge is 2.28. The van der Waals surface area contributed by atoms with E-state index in [4.69, 9.17) is 5.73 Å². The molecule has 1 aliphatic carbocycles. The number of rotatable bonds is 4. The van der Waals surface area contributed by atoms with Crippen LogP contribution in [0.25, 0.3) is 0 Å². The second-order valence-corrected chi connectivity index (χ2v) is 6.64. The molecular weight excluding hydrogens is 278 g/mol. The van der Waals surface area contributed by atoms with Crippen LogP contribution in [0.4, 0.5) is 0 Å². The lowest BCUT2D eigenvalue weighted by Crippen LogP contribution is -2.43. The highest BCUT2D eigenvalue weighted by Crippen LogP contribution is 2.20. The number of carbonyl (C=O) groups excluding carboxylic acids is 1. The number of sulfonamides is 1. The van der Waals surface area contributed by atoms with Gasteiger partial charge in [-0.15, -0.1) is 0 Å². The van der Waals surface area contributed by atoms with Gasteiger partial charge in [0.25, 0.3) is 5.91 Å². The summed E-state index contributed by atoms with van der Waals surface area (Å²) < 4.78 is 27.1. The van der Waals surface area contributed by atoms with Crippen molar-refractivity contribution in [1.82, 2.24) is 10.0 Å². The van der Waals surface area contributed by atoms with Crippen molar-refractivity contribution in [1.29, 1.82) is 0 Å². The predicted octanol–water partition coefficient (Wildman–Crippen LogP) is 0.204. The quantitative estimate of drug-likeness (QED) is 0.739. The summed E-state index contributed by atoms with van der Waals surface area (Å²) in [6, 6.07) is 5.48. The molecule has 6 nitrogen and oxygen atoms in total. The van der Waals surface area contributed by atoms with Crippen LogP contribution in [0.15, 0.2) is 29.2 Å². The molecule has 1 saturated carbocycles. The Hall–Kier alpha value is -1.44. The Bertz CT molecular complexity index is 583. The van der Waals surface area contributed by atoms with Crippen molar-refractivity contribution in [2.75, 3.05) is 7.05 Å². The van der Waals surface area contributed by atoms with Gasteiger partial charge in [-0.05, 0) is 37.1 Å². The zero-order valence-corrected chi connectivity index (χ0v) is 12.1. The Morgan fingerprint density at radius 2 is 1.90 bits per heavy atom. The van der Waals surface area contributed by atoms with Gasteiger partial charge in [-0.2, -0.15) is 0 Å². The zero-order chi connectivity index (χ0) is 14.8. The average Bonchev–Trinajstić information content (AvgIpc) is 2.83. The maximum atomic E-state index is 12.2. The summed E-state index contributed by atoms with van der Waals surface area (Å²) in [4.78, 5) is 11.5. The predicted molar refractivity (Wildman–Crippen MR) is 75.8 cm³/mol. The maximum absolute atomic E-state index is 12.2. The molecule has 2 atom stereocenters. The summed E-state index contributed by atoms with van der Waals surface area (Å²) in [6.07, 6.45) is 2.53. The van der Waals surface area contributed by atoms with Gasteiger partial charge in [-0.3, -0.25) is 4.79 Å². The Balaban J connectivity index is 2.15. The normalized spacial score (nSPS) is 22.7. The minimum Gasteiger partial charge on any atom is -0.355 e. The Morgan fingerprint density at radius 3 is 2.40 bits per heavy atom. The van der Waals surface area contributed by atoms with E-state index in [-0.39, 0.29) is 22.9 Å². The smallest absolute Gasteiger partial charge is 0.251 e. The maximum Gasteiger partial charge on any atom is 0.251 e. The van der Waals surface area contributed by atoms with Gasteiger partial charge in [0.15, 0.2) is 0 Å². The third-order valence-electron chi connectivity index (χ3n) is 3.53. The van der Waals surface area contributed by atoms with E-state index < -0.39 is 10.0 Å². The average molecular weight is 297 g/mol. The summed E-state index contributed by atoms with van der Waals surface area (Å²) in [7, 11) is -2.06. The van der Waals surface area contributed by atoms with Gasteiger partial charge in [0.05, 0.1) is 4.90 Å². The molecule has 110 valence electrons. The summed E-state index contributed by atoms with van der Waals surface area (Å²) >= 11 is 0. The fraction of sp³-hybridized carbons (Fsp3) is 0.462. The van der Waals surface area contributed by atoms with E-state index in [0.29, 0.717) is 5.56 Å². The lowest BCUT2D eigenvalue weighted by Gasteiger charge is -2.17. The SMILES string of the molecule is CNC(=O)c1ccc(S(=O)(=O)NC2CCCC2N)cc1. The van der Waals surface area contributed by atoms with Crippen LogP contribution in [0.5, 0.6) is 0 Å². The number of nitrogens with two attached hydrogens (primary N) is 1. The molecule has 1 fully saturated rings. The van der Waals surface area contributed by atoms with E-state index in [9.17, 15) is 13.2 Å². The first-order valence-corrected chi connectivity index (χ1v) is 8.02. The van der Waals surface area contributed by atoms with Crippen LogP contribution in [-0.2, 0) is 10.0 Å². The third kappa shape index (κ3) is 3.17. The number of nitrogens with one attached hydrogen (secondary N) is 2. The number of carbonyl (C=O) groups is 1. The van der Waals surface area contributed by atoms with Gasteiger partial charge in [-0.1, -0.05) is 6.42 Å². The van der Waals surface area contributed by atoms with Gasteiger partial charge in [0.1, 0.15) is 0 Å². The fourth-order valence-electron chi connectivity index (χ4n) is 2.33. The van der Waals surface area contributed by atoms with Crippen molar-refractivity contribution in [2.24, 2.45) is 5.73 Å². The van der Waals surface area contributed by atoms with Crippen molar-refractivity contribution >= 4 is 15.9 Å². The molecule has 1 aromatic rings. The molecule has 0 heterocycles. The second-order valence-electron chi connectivity index (χ2n) is 4.93. The summed E-state index contributed by atoms with van der Waals surface area (Å²) in [5.41, 5.74) is 6.29. The lowest BCUT2D eigenvalue weighted by molar-refractivity contribution is 0.0963. The first-order chi connectivity index (χ1) is 9.44. The van der Waals surface area contributed by atoms with Crippen molar-refractivity contribution in [2.45, 2.75) is 36.2 Å². The highest BCUT2D eigenvalue weighted by molar-refractivity contribution is 7.89. The van der Waals surface area contributed by atoms with Gasteiger partial charge < -0.3 is 11.1 Å². The van der Waals surface area contributed by atoms with E-state index in [1.807, 2.05) is 0 Å². The zero-order valence-electron chi connectivity index (χ0n) is 11.3. The van der Waals surface area contributed by atoms with Crippen LogP contribution < -0.4 is 15.8 Å². The standard InChI is InChI=1S/C13H19N3O3S/c1-15-13(17)9-5-7-10(8-6-9)20(18,19)16-12-4-2-3-11(12)14/h5-8,11-12,16H,2-4,14H2,1H3,(H,15,17). The van der Waals surface area contributed by atoms with Gasteiger partial charge in [-0.25, -0.2) is 13.1 Å². The molecule has 0 aliphatic heterocycles. The molecule has 0 spiro atoms. The van der Waals surface area contributed by atoms with Crippen molar-refractivity contribution in [3.8, 4) is 0 Å². The van der Waals surface area contributed by atoms with Crippen LogP contribution in [0.1, 0.15) is 29.6 Å². The molecule has 0 radical (unpaired) electrons. The van der Waals surface area contributed by atoms with Crippen molar-refractivity contribution in [3.05, 3.63) is 29.8 Å². The molecule has 7 heteroatoms. The third-order valence-corrected chi connectivity index (χ3v) is 5.04. The van der Waals surface area contributed by atoms with E-state index in [0.717, 1.165) is 19.3 Å². The monoisotopic (exact) mass is 297 g/mol. The molecule has 1 aliphatic rings. The van der Waals surface area contributed by atoms with Crippen LogP contribution in [0.3, 0.4) is 0 Å². The minimum absolute atomic E-state index is 0.130. The highest BCUT2D eigenvalue weighted by atomic mass is 32.2. The topological polar surface area (TPSA) is 101 Å². The number of amides is 1. The van der Waals surface area contributed by atoms with Crippen molar-refractivity contribution < 1.29 is 13.2 Å². The van der Waals surface area contributed by atoms with Crippen LogP contribution >= 0.6 is 0 Å². The van der Waals surface area contributed by atoms with E-state index in [2.05, 4.69) is 10.0 Å². The van der Waals surface area contributed by atoms with E-state index in [1.165, 1.54) is 31.3 Å². The number of hydrogen-bond donors (Lipinski definition) is 3. The fourth-order valence-corrected chi connectivity index (χ4v) is 3.65. The van der Waals surface area contributed by atoms with Crippen LogP contribution in [0, 0.1) is 0 Å². The first-order valence-electron chi connectivity index (χ1n) is 6.54. The summed E-state index contributed by atoms with van der Waals surface area (Å²) in [6.45, 7) is 0. The summed E-state index contributed by atoms with van der Waals surface area (Å²) in [5.74, 6) is -0.250.